The molecule has 2 rings (SSSR count). The van der Waals surface area contributed by atoms with Gasteiger partial charge in [0.05, 0.1) is 11.4 Å². The molecule has 8 heteroatoms. The zero-order valence-electron chi connectivity index (χ0n) is 13.1. The molecule has 1 fully saturated rings. The number of nitrogens with zero attached hydrogens (tertiary/aromatic N) is 1. The maximum Gasteiger partial charge on any atom is 0.214 e. The molecule has 23 heavy (non-hydrogen) atoms. The van der Waals surface area contributed by atoms with Crippen molar-refractivity contribution in [1.82, 2.24) is 9.62 Å². The molecule has 1 aliphatic heterocycles. The fourth-order valence-corrected chi connectivity index (χ4v) is 4.39. The van der Waals surface area contributed by atoms with Crippen LogP contribution < -0.4 is 10.6 Å². The van der Waals surface area contributed by atoms with Crippen LogP contribution in [-0.4, -0.2) is 42.7 Å². The Labute approximate surface area is 142 Å². The first-order chi connectivity index (χ1) is 10.9. The van der Waals surface area contributed by atoms with Gasteiger partial charge in [-0.05, 0) is 43.6 Å². The highest BCUT2D eigenvalue weighted by atomic mass is 32.2. The highest BCUT2D eigenvalue weighted by Crippen LogP contribution is 2.16. The Bertz CT molecular complexity index is 644. The SMILES string of the molecule is CCCS(=O)(=O)N1CCC(NC(=S)Nc2ccccc2F)CC1. The number of hydrogen-bond donors (Lipinski definition) is 2. The first-order valence-electron chi connectivity index (χ1n) is 7.72. The van der Waals surface area contributed by atoms with Crippen LogP contribution in [0.15, 0.2) is 24.3 Å². The van der Waals surface area contributed by atoms with Crippen LogP contribution in [0.5, 0.6) is 0 Å². The molecule has 0 unspecified atom stereocenters. The summed E-state index contributed by atoms with van der Waals surface area (Å²) in [5.74, 6) is -0.171. The van der Waals surface area contributed by atoms with Gasteiger partial charge in [-0.15, -0.1) is 0 Å². The van der Waals surface area contributed by atoms with E-state index in [0.29, 0.717) is 43.2 Å². The van der Waals surface area contributed by atoms with E-state index in [2.05, 4.69) is 10.6 Å². The van der Waals surface area contributed by atoms with Gasteiger partial charge in [-0.2, -0.15) is 0 Å². The summed E-state index contributed by atoms with van der Waals surface area (Å²) in [5, 5.41) is 6.32. The van der Waals surface area contributed by atoms with Gasteiger partial charge in [-0.1, -0.05) is 19.1 Å². The zero-order chi connectivity index (χ0) is 16.9. The molecule has 5 nitrogen and oxygen atoms in total. The predicted molar refractivity (Wildman–Crippen MR) is 94.4 cm³/mol. The Balaban J connectivity index is 1.82. The second kappa shape index (κ2) is 8.03. The van der Waals surface area contributed by atoms with Gasteiger partial charge in [0.1, 0.15) is 5.82 Å². The smallest absolute Gasteiger partial charge is 0.214 e. The molecule has 128 valence electrons. The van der Waals surface area contributed by atoms with Crippen LogP contribution in [0.1, 0.15) is 26.2 Å². The summed E-state index contributed by atoms with van der Waals surface area (Å²) in [7, 11) is -3.13. The molecule has 1 heterocycles. The first-order valence-corrected chi connectivity index (χ1v) is 9.74. The van der Waals surface area contributed by atoms with Gasteiger partial charge >= 0.3 is 0 Å². The fraction of sp³-hybridized carbons (Fsp3) is 0.533. The highest BCUT2D eigenvalue weighted by molar-refractivity contribution is 7.89. The Morgan fingerprint density at radius 2 is 2.00 bits per heavy atom. The minimum absolute atomic E-state index is 0.0925. The van der Waals surface area contributed by atoms with E-state index in [1.165, 1.54) is 6.07 Å². The standard InChI is InChI=1S/C15H22FN3O2S2/c1-2-11-23(20,21)19-9-7-12(8-10-19)17-15(22)18-14-6-4-3-5-13(14)16/h3-6,12H,2,7-11H2,1H3,(H2,17,18,22). The number of benzene rings is 1. The number of thiocarbonyl (C=S) groups is 1. The number of nitrogens with one attached hydrogen (secondary N) is 2. The third kappa shape index (κ3) is 5.12. The van der Waals surface area contributed by atoms with E-state index in [-0.39, 0.29) is 17.6 Å². The number of sulfonamides is 1. The number of rotatable bonds is 5. The van der Waals surface area contributed by atoms with Gasteiger partial charge in [0, 0.05) is 19.1 Å². The normalized spacial score (nSPS) is 17.0. The molecule has 0 radical (unpaired) electrons. The largest absolute Gasteiger partial charge is 0.360 e. The van der Waals surface area contributed by atoms with Crippen LogP contribution in [0.3, 0.4) is 0 Å². The van der Waals surface area contributed by atoms with E-state index in [1.54, 1.807) is 22.5 Å². The first kappa shape index (κ1) is 18.1. The van der Waals surface area contributed by atoms with E-state index in [1.807, 2.05) is 6.92 Å². The van der Waals surface area contributed by atoms with Gasteiger partial charge in [0.2, 0.25) is 10.0 Å². The Morgan fingerprint density at radius 3 is 2.61 bits per heavy atom. The van der Waals surface area contributed by atoms with Gasteiger partial charge < -0.3 is 10.6 Å². The number of para-hydroxylation sites is 1. The zero-order valence-corrected chi connectivity index (χ0v) is 14.7. The second-order valence-electron chi connectivity index (χ2n) is 5.57. The topological polar surface area (TPSA) is 61.4 Å². The average Bonchev–Trinajstić information content (AvgIpc) is 2.50. The van der Waals surface area contributed by atoms with Crippen LogP contribution in [0.25, 0.3) is 0 Å². The molecule has 1 aliphatic rings. The molecule has 0 bridgehead atoms. The Morgan fingerprint density at radius 1 is 1.35 bits per heavy atom. The molecule has 0 atom stereocenters. The van der Waals surface area contributed by atoms with Crippen molar-refractivity contribution in [1.29, 1.82) is 0 Å². The maximum atomic E-state index is 13.6. The minimum Gasteiger partial charge on any atom is -0.360 e. The van der Waals surface area contributed by atoms with Crippen molar-refractivity contribution in [3.63, 3.8) is 0 Å². The van der Waals surface area contributed by atoms with Crippen LogP contribution in [-0.2, 0) is 10.0 Å². The number of anilines is 1. The van der Waals surface area contributed by atoms with E-state index in [4.69, 9.17) is 12.2 Å². The average molecular weight is 359 g/mol. The third-order valence-corrected chi connectivity index (χ3v) is 6.06. The lowest BCUT2D eigenvalue weighted by atomic mass is 10.1. The molecular weight excluding hydrogens is 337 g/mol. The van der Waals surface area contributed by atoms with E-state index < -0.39 is 10.0 Å². The number of halogens is 1. The summed E-state index contributed by atoms with van der Waals surface area (Å²) in [6, 6.07) is 6.41. The summed E-state index contributed by atoms with van der Waals surface area (Å²) in [4.78, 5) is 0. The van der Waals surface area contributed by atoms with Crippen LogP contribution in [0.2, 0.25) is 0 Å². The van der Waals surface area contributed by atoms with E-state index in [9.17, 15) is 12.8 Å². The summed E-state index contributed by atoms with van der Waals surface area (Å²) < 4.78 is 39.1. The molecule has 1 aromatic carbocycles. The molecule has 0 aromatic heterocycles. The van der Waals surface area contributed by atoms with Gasteiger partial charge in [0.15, 0.2) is 5.11 Å². The molecule has 0 amide bonds. The summed E-state index contributed by atoms with van der Waals surface area (Å²) in [5.41, 5.74) is 0.327. The van der Waals surface area contributed by atoms with Crippen molar-refractivity contribution in [3.05, 3.63) is 30.1 Å². The minimum atomic E-state index is -3.13. The lowest BCUT2D eigenvalue weighted by Crippen LogP contribution is -2.47. The van der Waals surface area contributed by atoms with Crippen molar-refractivity contribution in [2.24, 2.45) is 0 Å². The lowest BCUT2D eigenvalue weighted by Gasteiger charge is -2.32. The fourth-order valence-electron chi connectivity index (χ4n) is 2.57. The highest BCUT2D eigenvalue weighted by Gasteiger charge is 2.27. The van der Waals surface area contributed by atoms with Gasteiger partial charge in [-0.3, -0.25) is 0 Å². The van der Waals surface area contributed by atoms with Crippen molar-refractivity contribution < 1.29 is 12.8 Å². The van der Waals surface area contributed by atoms with Gasteiger partial charge in [-0.25, -0.2) is 17.1 Å². The molecular formula is C15H22FN3O2S2. The summed E-state index contributed by atoms with van der Waals surface area (Å²) in [6.07, 6.45) is 1.99. The van der Waals surface area contributed by atoms with Crippen LogP contribution in [0, 0.1) is 5.82 Å². The lowest BCUT2D eigenvalue weighted by molar-refractivity contribution is 0.308. The molecule has 0 saturated carbocycles. The van der Waals surface area contributed by atoms with Gasteiger partial charge in [0.25, 0.3) is 0 Å². The Hall–Kier alpha value is -1.25. The van der Waals surface area contributed by atoms with Crippen molar-refractivity contribution in [3.8, 4) is 0 Å². The molecule has 0 spiro atoms. The number of piperidine rings is 1. The summed E-state index contributed by atoms with van der Waals surface area (Å²) in [6.45, 7) is 2.84. The quantitative estimate of drug-likeness (QED) is 0.790. The van der Waals surface area contributed by atoms with Crippen LogP contribution >= 0.6 is 12.2 Å². The van der Waals surface area contributed by atoms with E-state index in [0.717, 1.165) is 0 Å². The van der Waals surface area contributed by atoms with Crippen molar-refractivity contribution in [2.45, 2.75) is 32.2 Å². The predicted octanol–water partition coefficient (Wildman–Crippen LogP) is 2.32. The summed E-state index contributed by atoms with van der Waals surface area (Å²) >= 11 is 5.20. The second-order valence-corrected chi connectivity index (χ2v) is 8.06. The molecule has 0 aliphatic carbocycles. The van der Waals surface area contributed by atoms with Crippen molar-refractivity contribution in [2.75, 3.05) is 24.2 Å². The number of hydrogen-bond acceptors (Lipinski definition) is 3. The molecule has 1 aromatic rings. The third-order valence-electron chi connectivity index (χ3n) is 3.77. The maximum absolute atomic E-state index is 13.6. The van der Waals surface area contributed by atoms with Crippen molar-refractivity contribution >= 4 is 33.0 Å². The molecule has 2 N–H and O–H groups in total. The molecule has 1 saturated heterocycles. The Kier molecular flexibility index (Phi) is 6.32. The van der Waals surface area contributed by atoms with Crippen LogP contribution in [0.4, 0.5) is 10.1 Å². The monoisotopic (exact) mass is 359 g/mol. The van der Waals surface area contributed by atoms with E-state index >= 15 is 0 Å².